The van der Waals surface area contributed by atoms with Gasteiger partial charge in [-0.15, -0.1) is 0 Å². The van der Waals surface area contributed by atoms with Gasteiger partial charge < -0.3 is 10.6 Å². The van der Waals surface area contributed by atoms with Crippen molar-refractivity contribution in [1.29, 1.82) is 0 Å². The molecule has 2 N–H and O–H groups in total. The van der Waals surface area contributed by atoms with Gasteiger partial charge in [-0.05, 0) is 42.5 Å². The number of anilines is 2. The van der Waals surface area contributed by atoms with E-state index in [1.807, 2.05) is 24.3 Å². The topological polar surface area (TPSA) is 66.9 Å². The summed E-state index contributed by atoms with van der Waals surface area (Å²) < 4.78 is 0. The van der Waals surface area contributed by atoms with Gasteiger partial charge in [0.05, 0.1) is 0 Å². The maximum Gasteiger partial charge on any atom is 0.274 e. The molecule has 0 radical (unpaired) electrons. The van der Waals surface area contributed by atoms with Gasteiger partial charge in [0.25, 0.3) is 5.91 Å². The van der Waals surface area contributed by atoms with Crippen LogP contribution in [-0.2, 0) is 6.42 Å². The lowest BCUT2D eigenvalue weighted by Gasteiger charge is -2.09. The number of hydrogen-bond donors (Lipinski definition) is 2. The minimum Gasteiger partial charge on any atom is -0.354 e. The summed E-state index contributed by atoms with van der Waals surface area (Å²) in [4.78, 5) is 20.7. The Kier molecular flexibility index (Phi) is 6.09. The summed E-state index contributed by atoms with van der Waals surface area (Å²) in [5.41, 5.74) is 2.36. The molecule has 5 heteroatoms. The molecule has 0 aliphatic carbocycles. The summed E-state index contributed by atoms with van der Waals surface area (Å²) in [7, 11) is 0. The van der Waals surface area contributed by atoms with E-state index in [1.165, 1.54) is 5.56 Å². The maximum atomic E-state index is 12.3. The zero-order valence-corrected chi connectivity index (χ0v) is 14.0. The van der Waals surface area contributed by atoms with E-state index in [4.69, 9.17) is 0 Å². The molecule has 0 saturated carbocycles. The fourth-order valence-corrected chi connectivity index (χ4v) is 2.06. The van der Waals surface area contributed by atoms with Gasteiger partial charge in [0.1, 0.15) is 5.69 Å². The van der Waals surface area contributed by atoms with Crippen molar-refractivity contribution < 1.29 is 4.79 Å². The number of nitrogens with zero attached hydrogens (tertiary/aromatic N) is 2. The third kappa shape index (κ3) is 5.36. The van der Waals surface area contributed by atoms with Crippen LogP contribution in [0, 0.1) is 5.92 Å². The molecule has 1 aromatic carbocycles. The van der Waals surface area contributed by atoms with E-state index < -0.39 is 0 Å². The summed E-state index contributed by atoms with van der Waals surface area (Å²) in [5, 5.41) is 6.00. The zero-order chi connectivity index (χ0) is 16.7. The van der Waals surface area contributed by atoms with Crippen LogP contribution >= 0.6 is 0 Å². The predicted molar refractivity (Wildman–Crippen MR) is 93.7 cm³/mol. The van der Waals surface area contributed by atoms with Gasteiger partial charge >= 0.3 is 0 Å². The fraction of sp³-hybridized carbons (Fsp3) is 0.389. The van der Waals surface area contributed by atoms with Crippen molar-refractivity contribution in [3.8, 4) is 0 Å². The number of rotatable bonds is 7. The van der Waals surface area contributed by atoms with E-state index in [9.17, 15) is 4.79 Å². The second-order valence-electron chi connectivity index (χ2n) is 5.88. The molecule has 0 spiro atoms. The number of hydrogen-bond acceptors (Lipinski definition) is 4. The number of benzene rings is 1. The minimum atomic E-state index is -0.233. The van der Waals surface area contributed by atoms with Gasteiger partial charge in [0.2, 0.25) is 5.95 Å². The van der Waals surface area contributed by atoms with Crippen molar-refractivity contribution in [1.82, 2.24) is 9.97 Å². The molecule has 1 heterocycles. The van der Waals surface area contributed by atoms with Crippen LogP contribution in [0.3, 0.4) is 0 Å². The summed E-state index contributed by atoms with van der Waals surface area (Å²) in [6.07, 6.45) is 3.61. The van der Waals surface area contributed by atoms with E-state index in [2.05, 4.69) is 41.4 Å². The monoisotopic (exact) mass is 312 g/mol. The number of carbonyl (C=O) groups is 1. The van der Waals surface area contributed by atoms with Crippen LogP contribution < -0.4 is 10.6 Å². The van der Waals surface area contributed by atoms with Gasteiger partial charge in [-0.2, -0.15) is 0 Å². The first-order valence-corrected chi connectivity index (χ1v) is 8.05. The first kappa shape index (κ1) is 16.9. The van der Waals surface area contributed by atoms with Crippen LogP contribution in [0.15, 0.2) is 36.5 Å². The molecule has 2 aromatic rings. The van der Waals surface area contributed by atoms with Gasteiger partial charge in [0, 0.05) is 18.4 Å². The lowest BCUT2D eigenvalue weighted by Crippen LogP contribution is -2.16. The average molecular weight is 312 g/mol. The molecule has 0 aliphatic rings. The summed E-state index contributed by atoms with van der Waals surface area (Å²) in [6, 6.07) is 9.44. The van der Waals surface area contributed by atoms with E-state index in [0.29, 0.717) is 17.6 Å². The highest BCUT2D eigenvalue weighted by Gasteiger charge is 2.09. The summed E-state index contributed by atoms with van der Waals surface area (Å²) in [5.74, 6) is 0.864. The highest BCUT2D eigenvalue weighted by molar-refractivity contribution is 6.02. The summed E-state index contributed by atoms with van der Waals surface area (Å²) >= 11 is 0. The molecule has 5 nitrogen and oxygen atoms in total. The maximum absolute atomic E-state index is 12.3. The van der Waals surface area contributed by atoms with Gasteiger partial charge in [-0.3, -0.25) is 4.79 Å². The highest BCUT2D eigenvalue weighted by Crippen LogP contribution is 2.11. The van der Waals surface area contributed by atoms with Gasteiger partial charge in [-0.25, -0.2) is 9.97 Å². The molecule has 0 bridgehead atoms. The van der Waals surface area contributed by atoms with Crippen molar-refractivity contribution in [2.24, 2.45) is 5.92 Å². The average Bonchev–Trinajstić information content (AvgIpc) is 2.55. The Labute approximate surface area is 137 Å². The third-order valence-electron chi connectivity index (χ3n) is 3.51. The third-order valence-corrected chi connectivity index (χ3v) is 3.51. The van der Waals surface area contributed by atoms with Crippen molar-refractivity contribution in [2.75, 3.05) is 17.2 Å². The fourth-order valence-electron chi connectivity index (χ4n) is 2.06. The number of carbonyl (C=O) groups excluding carboxylic acids is 1. The molecule has 1 aromatic heterocycles. The van der Waals surface area contributed by atoms with Crippen LogP contribution in [0.4, 0.5) is 11.6 Å². The molecule has 23 heavy (non-hydrogen) atoms. The molecule has 0 saturated heterocycles. The van der Waals surface area contributed by atoms with Crippen molar-refractivity contribution in [2.45, 2.75) is 33.6 Å². The molecular weight excluding hydrogens is 288 g/mol. The number of nitrogens with one attached hydrogen (secondary N) is 2. The molecule has 2 rings (SSSR count). The number of amides is 1. The van der Waals surface area contributed by atoms with Crippen LogP contribution in [0.2, 0.25) is 0 Å². The first-order chi connectivity index (χ1) is 11.1. The second kappa shape index (κ2) is 8.27. The Morgan fingerprint density at radius 2 is 1.91 bits per heavy atom. The first-order valence-electron chi connectivity index (χ1n) is 8.05. The Hall–Kier alpha value is -2.43. The predicted octanol–water partition coefficient (Wildman–Crippen LogP) is 3.75. The lowest BCUT2D eigenvalue weighted by molar-refractivity contribution is 0.102. The van der Waals surface area contributed by atoms with E-state index in [0.717, 1.165) is 25.1 Å². The number of aromatic nitrogens is 2. The molecule has 122 valence electrons. The van der Waals surface area contributed by atoms with Crippen LogP contribution in [0.25, 0.3) is 0 Å². The van der Waals surface area contributed by atoms with Gasteiger partial charge in [0.15, 0.2) is 0 Å². The number of aryl methyl sites for hydroxylation is 1. The minimum absolute atomic E-state index is 0.233. The van der Waals surface area contributed by atoms with Crippen molar-refractivity contribution >= 4 is 17.5 Å². The molecule has 0 atom stereocenters. The second-order valence-corrected chi connectivity index (χ2v) is 5.88. The van der Waals surface area contributed by atoms with Crippen LogP contribution in [-0.4, -0.2) is 22.4 Å². The largest absolute Gasteiger partial charge is 0.354 e. The Morgan fingerprint density at radius 1 is 1.17 bits per heavy atom. The molecule has 0 unspecified atom stereocenters. The standard InChI is InChI=1S/C18H24N4O/c1-4-14-5-7-15(8-6-14)21-17(23)16-10-12-20-18(22-16)19-11-9-13(2)3/h5-8,10,12-13H,4,9,11H2,1-3H3,(H,21,23)(H,19,20,22). The highest BCUT2D eigenvalue weighted by atomic mass is 16.1. The smallest absolute Gasteiger partial charge is 0.274 e. The van der Waals surface area contributed by atoms with Crippen molar-refractivity contribution in [3.05, 3.63) is 47.8 Å². The molecule has 0 aliphatic heterocycles. The Balaban J connectivity index is 1.98. The zero-order valence-electron chi connectivity index (χ0n) is 14.0. The van der Waals surface area contributed by atoms with E-state index in [-0.39, 0.29) is 5.91 Å². The summed E-state index contributed by atoms with van der Waals surface area (Å²) in [6.45, 7) is 7.22. The Morgan fingerprint density at radius 3 is 2.57 bits per heavy atom. The van der Waals surface area contributed by atoms with E-state index in [1.54, 1.807) is 12.3 Å². The molecular formula is C18H24N4O. The Bertz CT molecular complexity index is 638. The van der Waals surface area contributed by atoms with Crippen LogP contribution in [0.1, 0.15) is 43.2 Å². The van der Waals surface area contributed by atoms with Crippen molar-refractivity contribution in [3.63, 3.8) is 0 Å². The van der Waals surface area contributed by atoms with Gasteiger partial charge in [-0.1, -0.05) is 32.9 Å². The molecule has 0 fully saturated rings. The lowest BCUT2D eigenvalue weighted by atomic mass is 10.1. The molecule has 1 amide bonds. The normalized spacial score (nSPS) is 10.6. The van der Waals surface area contributed by atoms with Crippen LogP contribution in [0.5, 0.6) is 0 Å². The SMILES string of the molecule is CCc1ccc(NC(=O)c2ccnc(NCCC(C)C)n2)cc1. The van der Waals surface area contributed by atoms with E-state index >= 15 is 0 Å². The quantitative estimate of drug-likeness (QED) is 0.817.